The van der Waals surface area contributed by atoms with E-state index in [-0.39, 0.29) is 0 Å². The van der Waals surface area contributed by atoms with Gasteiger partial charge in [-0.2, -0.15) is 0 Å². The highest BCUT2D eigenvalue weighted by molar-refractivity contribution is 5.45. The number of allylic oxidation sites excluding steroid dienone is 1. The Hall–Kier alpha value is -2.66. The number of benzene rings is 2. The molecule has 0 saturated heterocycles. The van der Waals surface area contributed by atoms with E-state index < -0.39 is 0 Å². The molecule has 0 amide bonds. The molecule has 0 aliphatic carbocycles. The Bertz CT molecular complexity index is 685. The van der Waals surface area contributed by atoms with Crippen LogP contribution in [-0.2, 0) is 0 Å². The van der Waals surface area contributed by atoms with E-state index in [0.29, 0.717) is 6.61 Å². The Labute approximate surface area is 145 Å². The van der Waals surface area contributed by atoms with Crippen molar-refractivity contribution < 1.29 is 9.47 Å². The molecule has 0 radical (unpaired) electrons. The molecule has 0 fully saturated rings. The van der Waals surface area contributed by atoms with Crippen molar-refractivity contribution in [3.63, 3.8) is 0 Å². The van der Waals surface area contributed by atoms with Crippen LogP contribution in [0.5, 0.6) is 11.5 Å². The largest absolute Gasteiger partial charge is 0.497 e. The maximum Gasteiger partial charge on any atom is 0.119 e. The Balaban J connectivity index is 1.85. The molecule has 0 aliphatic heterocycles. The molecule has 0 aliphatic rings. The van der Waals surface area contributed by atoms with Crippen molar-refractivity contribution in [3.8, 4) is 23.3 Å². The molecule has 0 heterocycles. The van der Waals surface area contributed by atoms with Crippen LogP contribution in [0.1, 0.15) is 37.3 Å². The lowest BCUT2D eigenvalue weighted by atomic mass is 10.2. The molecule has 2 aromatic rings. The molecule has 124 valence electrons. The normalized spacial score (nSPS) is 10.2. The summed E-state index contributed by atoms with van der Waals surface area (Å²) >= 11 is 0. The van der Waals surface area contributed by atoms with Gasteiger partial charge in [-0.1, -0.05) is 43.8 Å². The molecule has 2 nitrogen and oxygen atoms in total. The third-order valence-electron chi connectivity index (χ3n) is 3.53. The fraction of sp³-hybridized carbons (Fsp3) is 0.273. The van der Waals surface area contributed by atoms with Crippen molar-refractivity contribution in [1.82, 2.24) is 0 Å². The number of hydrogen-bond donors (Lipinski definition) is 0. The zero-order valence-corrected chi connectivity index (χ0v) is 14.4. The topological polar surface area (TPSA) is 18.5 Å². The first-order valence-electron chi connectivity index (χ1n) is 8.35. The second-order valence-electron chi connectivity index (χ2n) is 5.43. The second kappa shape index (κ2) is 10.2. The highest BCUT2D eigenvalue weighted by Gasteiger charge is 1.93. The van der Waals surface area contributed by atoms with Gasteiger partial charge in [0.15, 0.2) is 0 Å². The molecule has 0 unspecified atom stereocenters. The van der Waals surface area contributed by atoms with Crippen molar-refractivity contribution in [1.29, 1.82) is 0 Å². The van der Waals surface area contributed by atoms with E-state index in [1.807, 2.05) is 48.5 Å². The van der Waals surface area contributed by atoms with Crippen LogP contribution in [0.4, 0.5) is 0 Å². The van der Waals surface area contributed by atoms with Crippen molar-refractivity contribution in [3.05, 3.63) is 71.8 Å². The van der Waals surface area contributed by atoms with Crippen LogP contribution in [0.25, 0.3) is 0 Å². The highest BCUT2D eigenvalue weighted by atomic mass is 16.5. The third kappa shape index (κ3) is 6.22. The fourth-order valence-corrected chi connectivity index (χ4v) is 2.11. The SMILES string of the molecule is CCCCC=CCOc1ccc(C#Cc2ccc(OC)cc2)cc1. The van der Waals surface area contributed by atoms with Gasteiger partial charge in [-0.3, -0.25) is 0 Å². The predicted molar refractivity (Wildman–Crippen MR) is 99.6 cm³/mol. The summed E-state index contributed by atoms with van der Waals surface area (Å²) in [5.74, 6) is 8.01. The maximum absolute atomic E-state index is 5.68. The molecular formula is C22H24O2. The average Bonchev–Trinajstić information content (AvgIpc) is 2.64. The maximum atomic E-state index is 5.68. The van der Waals surface area contributed by atoms with E-state index in [0.717, 1.165) is 29.0 Å². The lowest BCUT2D eigenvalue weighted by molar-refractivity contribution is 0.362. The molecule has 0 bridgehead atoms. The number of rotatable bonds is 7. The van der Waals surface area contributed by atoms with Crippen molar-refractivity contribution in [2.45, 2.75) is 26.2 Å². The van der Waals surface area contributed by atoms with Gasteiger partial charge in [-0.15, -0.1) is 0 Å². The second-order valence-corrected chi connectivity index (χ2v) is 5.43. The van der Waals surface area contributed by atoms with E-state index in [9.17, 15) is 0 Å². The molecule has 0 aromatic heterocycles. The molecule has 2 aromatic carbocycles. The van der Waals surface area contributed by atoms with Gasteiger partial charge in [0, 0.05) is 11.1 Å². The summed E-state index contributed by atoms with van der Waals surface area (Å²) in [7, 11) is 1.66. The van der Waals surface area contributed by atoms with Crippen LogP contribution < -0.4 is 9.47 Å². The summed E-state index contributed by atoms with van der Waals surface area (Å²) in [5.41, 5.74) is 1.94. The number of methoxy groups -OCH3 is 1. The Morgan fingerprint density at radius 1 is 0.833 bits per heavy atom. The summed E-state index contributed by atoms with van der Waals surface area (Å²) in [4.78, 5) is 0. The predicted octanol–water partition coefficient (Wildman–Crippen LogP) is 5.22. The van der Waals surface area contributed by atoms with Gasteiger partial charge in [-0.05, 0) is 55.0 Å². The molecule has 24 heavy (non-hydrogen) atoms. The molecule has 2 rings (SSSR count). The number of unbranched alkanes of at least 4 members (excludes halogenated alkanes) is 2. The summed E-state index contributed by atoms with van der Waals surface area (Å²) in [6, 6.07) is 15.6. The van der Waals surface area contributed by atoms with Gasteiger partial charge >= 0.3 is 0 Å². The van der Waals surface area contributed by atoms with Gasteiger partial charge < -0.3 is 9.47 Å². The van der Waals surface area contributed by atoms with Crippen LogP contribution in [-0.4, -0.2) is 13.7 Å². The first kappa shape index (κ1) is 17.7. The van der Waals surface area contributed by atoms with E-state index in [2.05, 4.69) is 30.9 Å². The molecule has 0 N–H and O–H groups in total. The average molecular weight is 320 g/mol. The summed E-state index contributed by atoms with van der Waals surface area (Å²) in [5, 5.41) is 0. The summed E-state index contributed by atoms with van der Waals surface area (Å²) in [6.07, 6.45) is 7.84. The minimum Gasteiger partial charge on any atom is -0.497 e. The van der Waals surface area contributed by atoms with Gasteiger partial charge in [-0.25, -0.2) is 0 Å². The first-order chi connectivity index (χ1) is 11.8. The van der Waals surface area contributed by atoms with Crippen molar-refractivity contribution in [2.24, 2.45) is 0 Å². The third-order valence-corrected chi connectivity index (χ3v) is 3.53. The zero-order chi connectivity index (χ0) is 17.0. The van der Waals surface area contributed by atoms with E-state index in [1.54, 1.807) is 7.11 Å². The first-order valence-corrected chi connectivity index (χ1v) is 8.35. The van der Waals surface area contributed by atoms with Crippen LogP contribution in [0.3, 0.4) is 0 Å². The Morgan fingerprint density at radius 3 is 1.96 bits per heavy atom. The lowest BCUT2D eigenvalue weighted by Gasteiger charge is -2.02. The monoisotopic (exact) mass is 320 g/mol. The van der Waals surface area contributed by atoms with Crippen LogP contribution in [0.2, 0.25) is 0 Å². The van der Waals surface area contributed by atoms with Crippen molar-refractivity contribution >= 4 is 0 Å². The van der Waals surface area contributed by atoms with Gasteiger partial charge in [0.1, 0.15) is 18.1 Å². The quantitative estimate of drug-likeness (QED) is 0.395. The smallest absolute Gasteiger partial charge is 0.119 e. The minimum absolute atomic E-state index is 0.612. The Morgan fingerprint density at radius 2 is 1.42 bits per heavy atom. The van der Waals surface area contributed by atoms with E-state index in [4.69, 9.17) is 9.47 Å². The van der Waals surface area contributed by atoms with Gasteiger partial charge in [0.2, 0.25) is 0 Å². The molecular weight excluding hydrogens is 296 g/mol. The summed E-state index contributed by atoms with van der Waals surface area (Å²) < 4.78 is 10.8. The fourth-order valence-electron chi connectivity index (χ4n) is 2.11. The molecule has 0 spiro atoms. The molecule has 2 heteroatoms. The lowest BCUT2D eigenvalue weighted by Crippen LogP contribution is -1.93. The van der Waals surface area contributed by atoms with Crippen LogP contribution in [0.15, 0.2) is 60.7 Å². The summed E-state index contributed by atoms with van der Waals surface area (Å²) in [6.45, 7) is 2.81. The van der Waals surface area contributed by atoms with Crippen LogP contribution in [0, 0.1) is 11.8 Å². The Kier molecular flexibility index (Phi) is 7.50. The zero-order valence-electron chi connectivity index (χ0n) is 14.4. The minimum atomic E-state index is 0.612. The van der Waals surface area contributed by atoms with E-state index >= 15 is 0 Å². The van der Waals surface area contributed by atoms with Gasteiger partial charge in [0.05, 0.1) is 7.11 Å². The standard InChI is InChI=1S/C22H24O2/c1-3-4-5-6-7-18-24-22-16-12-20(13-17-22)9-8-19-10-14-21(23-2)15-11-19/h6-7,10-17H,3-5,18H2,1-2H3. The number of ether oxygens (including phenoxy) is 2. The molecule has 0 atom stereocenters. The molecule has 0 saturated carbocycles. The van der Waals surface area contributed by atoms with E-state index in [1.165, 1.54) is 12.8 Å². The van der Waals surface area contributed by atoms with Gasteiger partial charge in [0.25, 0.3) is 0 Å². The van der Waals surface area contributed by atoms with Crippen molar-refractivity contribution in [2.75, 3.05) is 13.7 Å². The number of hydrogen-bond acceptors (Lipinski definition) is 2. The highest BCUT2D eigenvalue weighted by Crippen LogP contribution is 2.13. The van der Waals surface area contributed by atoms with Crippen LogP contribution >= 0.6 is 0 Å².